The lowest BCUT2D eigenvalue weighted by atomic mass is 9.97. The quantitative estimate of drug-likeness (QED) is 0.184. The third-order valence-electron chi connectivity index (χ3n) is 9.78. The molecule has 0 aliphatic rings. The number of fused-ring (bicyclic) bond motifs is 10. The minimum absolute atomic E-state index is 0.918. The third-order valence-corrected chi connectivity index (χ3v) is 9.78. The van der Waals surface area contributed by atoms with Crippen molar-refractivity contribution in [3.8, 4) is 11.1 Å². The van der Waals surface area contributed by atoms with Crippen LogP contribution in [0.5, 0.6) is 0 Å². The van der Waals surface area contributed by atoms with Gasteiger partial charge in [0.15, 0.2) is 0 Å². The largest absolute Gasteiger partial charge is 0.455 e. The van der Waals surface area contributed by atoms with Gasteiger partial charge < -0.3 is 9.32 Å². The van der Waals surface area contributed by atoms with Gasteiger partial charge in [-0.2, -0.15) is 0 Å². The maximum Gasteiger partial charge on any atom is 0.143 e. The van der Waals surface area contributed by atoms with Gasteiger partial charge in [0, 0.05) is 32.9 Å². The van der Waals surface area contributed by atoms with E-state index in [1.165, 1.54) is 48.8 Å². The van der Waals surface area contributed by atoms with Crippen molar-refractivity contribution in [2.75, 3.05) is 4.90 Å². The Balaban J connectivity index is 1.25. The zero-order valence-corrected chi connectivity index (χ0v) is 26.1. The monoisotopic (exact) mass is 611 g/mol. The highest BCUT2D eigenvalue weighted by Gasteiger charge is 2.19. The summed E-state index contributed by atoms with van der Waals surface area (Å²) in [7, 11) is 0. The first kappa shape index (κ1) is 26.8. The van der Waals surface area contributed by atoms with Gasteiger partial charge in [0.2, 0.25) is 0 Å². The predicted octanol–water partition coefficient (Wildman–Crippen LogP) is 13.3. The maximum atomic E-state index is 6.52. The van der Waals surface area contributed by atoms with Crippen LogP contribution in [0.25, 0.3) is 76.2 Å². The molecular weight excluding hydrogens is 583 g/mol. The molecule has 0 spiro atoms. The molecule has 0 aliphatic carbocycles. The number of hydrogen-bond donors (Lipinski definition) is 0. The summed E-state index contributed by atoms with van der Waals surface area (Å²) >= 11 is 0. The molecule has 0 aliphatic heterocycles. The van der Waals surface area contributed by atoms with Crippen molar-refractivity contribution in [1.29, 1.82) is 0 Å². The van der Waals surface area contributed by atoms with Crippen molar-refractivity contribution in [3.63, 3.8) is 0 Å². The van der Waals surface area contributed by atoms with E-state index in [1.54, 1.807) is 0 Å². The summed E-state index contributed by atoms with van der Waals surface area (Å²) in [5.74, 6) is 0. The Morgan fingerprint density at radius 2 is 1.00 bits per heavy atom. The number of furan rings is 1. The molecule has 0 radical (unpaired) electrons. The Labute approximate surface area is 277 Å². The molecule has 0 bridgehead atoms. The van der Waals surface area contributed by atoms with Gasteiger partial charge in [-0.15, -0.1) is 0 Å². The normalized spacial score (nSPS) is 11.8. The molecule has 0 amide bonds. The van der Waals surface area contributed by atoms with Gasteiger partial charge in [-0.05, 0) is 85.9 Å². The second kappa shape index (κ2) is 10.6. The van der Waals surface area contributed by atoms with Crippen LogP contribution in [0.3, 0.4) is 0 Å². The second-order valence-electron chi connectivity index (χ2n) is 12.5. The van der Waals surface area contributed by atoms with Crippen LogP contribution >= 0.6 is 0 Å². The molecule has 0 atom stereocenters. The zero-order chi connectivity index (χ0) is 31.6. The topological polar surface area (TPSA) is 16.4 Å². The summed E-state index contributed by atoms with van der Waals surface area (Å²) in [6.07, 6.45) is 0. The van der Waals surface area contributed by atoms with Gasteiger partial charge in [0.25, 0.3) is 0 Å². The number of benzene rings is 9. The number of rotatable bonds is 4. The summed E-state index contributed by atoms with van der Waals surface area (Å²) in [5, 5.41) is 11.9. The number of hydrogen-bond acceptors (Lipinski definition) is 2. The number of nitrogens with zero attached hydrogens (tertiary/aromatic N) is 1. The molecule has 10 rings (SSSR count). The summed E-state index contributed by atoms with van der Waals surface area (Å²) in [5.41, 5.74) is 7.60. The molecule has 1 aromatic heterocycles. The van der Waals surface area contributed by atoms with E-state index in [4.69, 9.17) is 4.42 Å². The molecule has 224 valence electrons. The smallest absolute Gasteiger partial charge is 0.143 e. The fourth-order valence-corrected chi connectivity index (χ4v) is 7.56. The van der Waals surface area contributed by atoms with Crippen LogP contribution in [0.2, 0.25) is 0 Å². The highest BCUT2D eigenvalue weighted by molar-refractivity contribution is 6.23. The third kappa shape index (κ3) is 4.13. The van der Waals surface area contributed by atoms with Crippen LogP contribution in [0, 0.1) is 0 Å². The van der Waals surface area contributed by atoms with Crippen molar-refractivity contribution in [2.45, 2.75) is 0 Å². The van der Waals surface area contributed by atoms with Crippen LogP contribution in [0.15, 0.2) is 180 Å². The van der Waals surface area contributed by atoms with Crippen LogP contribution in [-0.2, 0) is 0 Å². The van der Waals surface area contributed by atoms with Crippen LogP contribution < -0.4 is 4.90 Å². The number of para-hydroxylation sites is 1. The molecule has 2 nitrogen and oxygen atoms in total. The Hall–Kier alpha value is -6.38. The summed E-state index contributed by atoms with van der Waals surface area (Å²) < 4.78 is 6.52. The molecule has 0 saturated carbocycles. The Kier molecular flexibility index (Phi) is 5.91. The lowest BCUT2D eigenvalue weighted by Crippen LogP contribution is -2.11. The molecule has 48 heavy (non-hydrogen) atoms. The highest BCUT2D eigenvalue weighted by atomic mass is 16.3. The van der Waals surface area contributed by atoms with Crippen molar-refractivity contribution >= 4 is 82.1 Å². The minimum Gasteiger partial charge on any atom is -0.455 e. The lowest BCUT2D eigenvalue weighted by Gasteiger charge is -2.28. The molecular formula is C46H29NO. The van der Waals surface area contributed by atoms with E-state index in [0.717, 1.165) is 44.4 Å². The maximum absolute atomic E-state index is 6.52. The summed E-state index contributed by atoms with van der Waals surface area (Å²) in [6.45, 7) is 0. The van der Waals surface area contributed by atoms with Gasteiger partial charge >= 0.3 is 0 Å². The molecule has 0 fully saturated rings. The molecule has 2 heteroatoms. The standard InChI is InChI=1S/C46H29NO/c1-2-11-30(12-3-1)32-14-10-15-35(27-32)47(43-29-33-13-4-5-16-37(33)39-17-6-7-18-40(39)43)36-24-26-38-34(28-36)22-21-31-23-25-42-41-19-8-9-20-44(41)48-46(42)45(31)38/h1-29H. The predicted molar refractivity (Wildman–Crippen MR) is 204 cm³/mol. The van der Waals surface area contributed by atoms with E-state index >= 15 is 0 Å². The fourth-order valence-electron chi connectivity index (χ4n) is 7.56. The summed E-state index contributed by atoms with van der Waals surface area (Å²) in [6, 6.07) is 63.4. The average molecular weight is 612 g/mol. The van der Waals surface area contributed by atoms with E-state index in [2.05, 4.69) is 175 Å². The van der Waals surface area contributed by atoms with Crippen molar-refractivity contribution in [3.05, 3.63) is 176 Å². The van der Waals surface area contributed by atoms with E-state index in [9.17, 15) is 0 Å². The minimum atomic E-state index is 0.918. The van der Waals surface area contributed by atoms with Crippen molar-refractivity contribution in [1.82, 2.24) is 0 Å². The Morgan fingerprint density at radius 1 is 0.354 bits per heavy atom. The van der Waals surface area contributed by atoms with Gasteiger partial charge in [0.1, 0.15) is 11.2 Å². The first-order chi connectivity index (χ1) is 23.8. The molecule has 0 N–H and O–H groups in total. The Bertz CT molecular complexity index is 2850. The molecule has 0 saturated heterocycles. The highest BCUT2D eigenvalue weighted by Crippen LogP contribution is 2.45. The van der Waals surface area contributed by atoms with E-state index in [-0.39, 0.29) is 0 Å². The molecule has 9 aromatic carbocycles. The summed E-state index contributed by atoms with van der Waals surface area (Å²) in [4.78, 5) is 2.42. The first-order valence-corrected chi connectivity index (χ1v) is 16.4. The molecule has 1 heterocycles. The van der Waals surface area contributed by atoms with Crippen LogP contribution in [0.1, 0.15) is 0 Å². The second-order valence-corrected chi connectivity index (χ2v) is 12.5. The SMILES string of the molecule is c1ccc(-c2cccc(N(c3ccc4c(ccc5ccc6c7ccccc7oc6c54)c3)c3cc4ccccc4c4ccccc34)c2)cc1. The zero-order valence-electron chi connectivity index (χ0n) is 26.1. The van der Waals surface area contributed by atoms with Crippen molar-refractivity contribution < 1.29 is 4.42 Å². The van der Waals surface area contributed by atoms with Crippen LogP contribution in [-0.4, -0.2) is 0 Å². The fraction of sp³-hybridized carbons (Fsp3) is 0. The first-order valence-electron chi connectivity index (χ1n) is 16.4. The van der Waals surface area contributed by atoms with E-state index < -0.39 is 0 Å². The van der Waals surface area contributed by atoms with Gasteiger partial charge in [-0.3, -0.25) is 0 Å². The Morgan fingerprint density at radius 3 is 1.90 bits per heavy atom. The van der Waals surface area contributed by atoms with E-state index in [0.29, 0.717) is 0 Å². The van der Waals surface area contributed by atoms with Gasteiger partial charge in [0.05, 0.1) is 5.69 Å². The van der Waals surface area contributed by atoms with Gasteiger partial charge in [-0.1, -0.05) is 133 Å². The van der Waals surface area contributed by atoms with E-state index in [1.807, 2.05) is 6.07 Å². The lowest BCUT2D eigenvalue weighted by molar-refractivity contribution is 0.673. The van der Waals surface area contributed by atoms with Crippen molar-refractivity contribution in [2.24, 2.45) is 0 Å². The van der Waals surface area contributed by atoms with Crippen LogP contribution in [0.4, 0.5) is 17.1 Å². The number of anilines is 3. The average Bonchev–Trinajstić information content (AvgIpc) is 3.54. The van der Waals surface area contributed by atoms with Gasteiger partial charge in [-0.25, -0.2) is 0 Å². The molecule has 0 unspecified atom stereocenters. The molecule has 10 aromatic rings.